The third-order valence-corrected chi connectivity index (χ3v) is 27.6. The van der Waals surface area contributed by atoms with E-state index in [-0.39, 0.29) is 143 Å². The quantitative estimate of drug-likeness (QED) is 0.0229. The van der Waals surface area contributed by atoms with Gasteiger partial charge in [0.25, 0.3) is 0 Å². The lowest BCUT2D eigenvalue weighted by molar-refractivity contribution is 0.0209. The number of methoxy groups -OCH3 is 6. The molecule has 0 unspecified atom stereocenters. The van der Waals surface area contributed by atoms with Crippen LogP contribution in [0.2, 0.25) is 25.1 Å². The summed E-state index contributed by atoms with van der Waals surface area (Å²) in [5.74, 6) is -3.11. The van der Waals surface area contributed by atoms with Crippen molar-refractivity contribution in [3.05, 3.63) is 294 Å². The molecule has 11 aromatic rings. The van der Waals surface area contributed by atoms with Crippen molar-refractivity contribution in [3.63, 3.8) is 0 Å². The molecule has 1 aliphatic carbocycles. The Labute approximate surface area is 766 Å². The van der Waals surface area contributed by atoms with Crippen molar-refractivity contribution in [2.75, 3.05) is 55.9 Å². The van der Waals surface area contributed by atoms with E-state index in [0.717, 1.165) is 32.1 Å². The second kappa shape index (κ2) is 48.1. The van der Waals surface area contributed by atoms with Gasteiger partial charge in [0.1, 0.15) is 65.1 Å². The summed E-state index contributed by atoms with van der Waals surface area (Å²) in [6.45, 7) is 4.08. The molecule has 0 spiro atoms. The number of nitrogens with zero attached hydrogens (tertiary/aromatic N) is 5. The Morgan fingerprint density at radius 2 is 0.602 bits per heavy atom. The number of sulfone groups is 5. The zero-order valence-electron chi connectivity index (χ0n) is 69.9. The molecule has 0 amide bonds. The van der Waals surface area contributed by atoms with E-state index in [9.17, 15) is 66.1 Å². The average Bonchev–Trinajstić information content (AvgIpc) is 0.819. The minimum Gasteiger partial charge on any atom is -0.495 e. The van der Waals surface area contributed by atoms with Crippen molar-refractivity contribution in [1.82, 2.24) is 24.9 Å². The summed E-state index contributed by atoms with van der Waals surface area (Å²) in [6.07, 6.45) is 19.3. The van der Waals surface area contributed by atoms with E-state index in [0.29, 0.717) is 51.6 Å². The van der Waals surface area contributed by atoms with E-state index in [2.05, 4.69) is 29.7 Å². The van der Waals surface area contributed by atoms with E-state index in [1.807, 2.05) is 6.92 Å². The van der Waals surface area contributed by atoms with Crippen LogP contribution in [0.25, 0.3) is 0 Å². The van der Waals surface area contributed by atoms with Gasteiger partial charge in [0, 0.05) is 87.1 Å². The molecule has 5 aromatic heterocycles. The van der Waals surface area contributed by atoms with Crippen LogP contribution >= 0.6 is 58.0 Å². The number of rotatable bonds is 30. The first-order chi connectivity index (χ1) is 60.9. The Hall–Kier alpha value is -11.4. The van der Waals surface area contributed by atoms with Gasteiger partial charge in [-0.25, -0.2) is 66.1 Å². The van der Waals surface area contributed by atoms with Gasteiger partial charge in [-0.15, -0.1) is 0 Å². The van der Waals surface area contributed by atoms with Crippen molar-refractivity contribution in [3.8, 4) is 34.5 Å². The molecule has 1 fully saturated rings. The maximum absolute atomic E-state index is 12.8. The fraction of sp³-hybridized carbons (Fsp3) is 0.250. The Morgan fingerprint density at radius 1 is 0.328 bits per heavy atom. The third-order valence-electron chi connectivity index (χ3n) is 17.9. The normalized spacial score (nSPS) is 12.0. The number of ether oxygens (including phenoxy) is 10. The van der Waals surface area contributed by atoms with Gasteiger partial charge in [-0.1, -0.05) is 89.5 Å². The van der Waals surface area contributed by atoms with Crippen LogP contribution in [0.15, 0.2) is 238 Å². The Bertz CT molecular complexity index is 6380. The number of esters is 5. The smallest absolute Gasteiger partial charge is 0.345 e. The SMILES string of the molecule is CCCOC(=O)c1cncc(CS(=O)(=O)c2cc(Cl)ccc2OC)c1.CCOC(=O)c1cncc(CS(=O)(=O)c2cc(Cl)ccc2OC)c1.COC(=O)c1cncc(CS(=O)(=O)c2cc(Cl)ccc2OC)c1.COc1ccc(Cl)cc1S(=O)(=O)Cc1cncc(C(=O)OC2CCCCC2)c1.COc1ccc(Cl)cc1S(=O)(=O)Cc1cncc(C(=O)Oc2ccccc2)c1. The van der Waals surface area contributed by atoms with E-state index in [1.165, 1.54) is 196 Å². The van der Waals surface area contributed by atoms with Crippen molar-refractivity contribution < 1.29 is 113 Å². The van der Waals surface area contributed by atoms with Crippen molar-refractivity contribution in [1.29, 1.82) is 0 Å². The zero-order chi connectivity index (χ0) is 93.5. The monoisotopic (exact) mass is 1950 g/mol. The van der Waals surface area contributed by atoms with E-state index in [4.69, 9.17) is 101 Å². The standard InChI is InChI=1S/C20H22ClNO5S.C20H16ClNO5S.C17H18ClNO5S.C16H16ClNO5S.C15H14ClNO5S/c2*1-26-18-8-7-16(21)10-19(18)28(24,25)13-14-9-15(12-22-11-14)20(23)27-17-5-3-2-4-6-17;1-3-6-24-17(20)13-7-12(9-19-10-13)11-25(21,22)16-8-14(18)4-5-15(16)23-2;1-3-23-16(19)12-6-11(8-18-9-12)10-24(20,21)15-7-13(17)4-5-14(15)22-2;1-21-13-4-3-12(16)6-14(13)23(19,20)9-10-5-11(8-17-7-10)15(18)22-2/h7-12,17H,2-6,13H2,1H3;2-12H,13H2,1H3;4-5,7-10H,3,6,11H2,1-2H3;4-9H,3,10H2,1-2H3;3-8H,9H2,1-2H3. The highest BCUT2D eigenvalue weighted by atomic mass is 35.5. The first kappa shape index (κ1) is 102. The second-order valence-electron chi connectivity index (χ2n) is 27.4. The van der Waals surface area contributed by atoms with Gasteiger partial charge >= 0.3 is 29.8 Å². The summed E-state index contributed by atoms with van der Waals surface area (Å²) in [4.78, 5) is 79.4. The average molecular weight is 1950 g/mol. The minimum atomic E-state index is -3.78. The van der Waals surface area contributed by atoms with E-state index >= 15 is 0 Å². The Kier molecular flexibility index (Phi) is 38.4. The minimum absolute atomic E-state index is 0.00214. The number of carbonyl (C=O) groups excluding carboxylic acids is 5. The molecule has 1 saturated carbocycles. The molecule has 678 valence electrons. The fourth-order valence-corrected chi connectivity index (χ4v) is 20.8. The van der Waals surface area contributed by atoms with Crippen LogP contribution in [0, 0.1) is 0 Å². The summed E-state index contributed by atoms with van der Waals surface area (Å²) in [7, 11) is -10.6. The molecule has 0 N–H and O–H groups in total. The van der Waals surface area contributed by atoms with Crippen LogP contribution in [-0.2, 0) is 96.9 Å². The van der Waals surface area contributed by atoms with E-state index in [1.54, 1.807) is 67.6 Å². The number of pyridine rings is 5. The van der Waals surface area contributed by atoms with Crippen molar-refractivity contribution in [2.45, 2.75) is 112 Å². The summed E-state index contributed by atoms with van der Waals surface area (Å²) in [5.41, 5.74) is 2.79. The molecule has 6 aromatic carbocycles. The summed E-state index contributed by atoms with van der Waals surface area (Å²) >= 11 is 29.6. The molecule has 0 bridgehead atoms. The topological polar surface area (TPSA) is 413 Å². The van der Waals surface area contributed by atoms with Crippen LogP contribution in [0.4, 0.5) is 0 Å². The lowest BCUT2D eigenvalue weighted by atomic mass is 9.98. The number of hydrogen-bond donors (Lipinski definition) is 0. The third kappa shape index (κ3) is 30.1. The highest BCUT2D eigenvalue weighted by Gasteiger charge is 2.29. The summed E-state index contributed by atoms with van der Waals surface area (Å²) in [5, 5.41) is 1.42. The number of carbonyl (C=O) groups is 5. The molecule has 30 nitrogen and oxygen atoms in total. The van der Waals surface area contributed by atoms with Crippen LogP contribution in [-0.4, -0.2) is 159 Å². The highest BCUT2D eigenvalue weighted by Crippen LogP contribution is 2.36. The molecule has 5 heterocycles. The largest absolute Gasteiger partial charge is 0.495 e. The zero-order valence-corrected chi connectivity index (χ0v) is 77.7. The van der Waals surface area contributed by atoms with Gasteiger partial charge in [0.2, 0.25) is 0 Å². The summed E-state index contributed by atoms with van der Waals surface area (Å²) in [6, 6.07) is 37.7. The highest BCUT2D eigenvalue weighted by molar-refractivity contribution is 7.92. The second-order valence-corrected chi connectivity index (χ2v) is 39.4. The Morgan fingerprint density at radius 3 is 0.875 bits per heavy atom. The molecule has 40 heteroatoms. The van der Waals surface area contributed by atoms with Gasteiger partial charge < -0.3 is 47.4 Å². The van der Waals surface area contributed by atoms with Crippen LogP contribution in [0.5, 0.6) is 34.5 Å². The number of para-hydroxylation sites is 1. The molecule has 128 heavy (non-hydrogen) atoms. The molecule has 0 aliphatic heterocycles. The maximum Gasteiger partial charge on any atom is 0.345 e. The number of benzene rings is 6. The summed E-state index contributed by atoms with van der Waals surface area (Å²) < 4.78 is 178. The molecular weight excluding hydrogens is 1860 g/mol. The number of hydrogen-bond acceptors (Lipinski definition) is 30. The predicted octanol–water partition coefficient (Wildman–Crippen LogP) is 16.8. The van der Waals surface area contributed by atoms with Gasteiger partial charge in [0.15, 0.2) is 49.2 Å². The molecule has 0 atom stereocenters. The van der Waals surface area contributed by atoms with Gasteiger partial charge in [-0.3, -0.25) is 24.9 Å². The van der Waals surface area contributed by atoms with Crippen LogP contribution in [0.1, 0.15) is 132 Å². The Balaban J connectivity index is 0.000000198. The number of halogens is 5. The van der Waals surface area contributed by atoms with Crippen molar-refractivity contribution >= 4 is 137 Å². The van der Waals surface area contributed by atoms with Crippen LogP contribution in [0.3, 0.4) is 0 Å². The van der Waals surface area contributed by atoms with Gasteiger partial charge in [-0.2, -0.15) is 0 Å². The molecule has 12 rings (SSSR count). The lowest BCUT2D eigenvalue weighted by Crippen LogP contribution is -2.21. The maximum atomic E-state index is 12.8. The van der Waals surface area contributed by atoms with Crippen molar-refractivity contribution in [2.24, 2.45) is 0 Å². The van der Waals surface area contributed by atoms with Crippen LogP contribution < -0.4 is 28.4 Å². The molecular formula is C88H86Cl5N5O25S5. The molecule has 1 aliphatic rings. The lowest BCUT2D eigenvalue weighted by Gasteiger charge is -2.21. The first-order valence-corrected chi connectivity index (χ1v) is 48.5. The first-order valence-electron chi connectivity index (χ1n) is 38.3. The fourth-order valence-electron chi connectivity index (χ4n) is 12.0. The molecule has 0 saturated heterocycles. The van der Waals surface area contributed by atoms with E-state index < -0.39 is 79.0 Å². The van der Waals surface area contributed by atoms with Gasteiger partial charge in [0.05, 0.1) is 112 Å². The number of aromatic nitrogens is 5. The predicted molar refractivity (Wildman–Crippen MR) is 477 cm³/mol. The molecule has 0 radical (unpaired) electrons. The van der Waals surface area contributed by atoms with Gasteiger partial charge in [-0.05, 0) is 200 Å².